The summed E-state index contributed by atoms with van der Waals surface area (Å²) in [5.74, 6) is -1.47. The van der Waals surface area contributed by atoms with Gasteiger partial charge in [-0.05, 0) is 23.7 Å². The SMILES string of the molecule is C=C(C)SC(=C)C(C)C(F)(F)F. The first-order valence-corrected chi connectivity index (χ1v) is 4.15. The summed E-state index contributed by atoms with van der Waals surface area (Å²) in [5.41, 5.74) is 0. The minimum absolute atomic E-state index is 0.0926. The lowest BCUT2D eigenvalue weighted by Gasteiger charge is -2.17. The van der Waals surface area contributed by atoms with E-state index in [0.29, 0.717) is 4.91 Å². The Hall–Kier alpha value is -0.380. The molecule has 0 saturated carbocycles. The van der Waals surface area contributed by atoms with E-state index in [1.54, 1.807) is 6.92 Å². The lowest BCUT2D eigenvalue weighted by molar-refractivity contribution is -0.157. The molecule has 0 N–H and O–H groups in total. The van der Waals surface area contributed by atoms with E-state index in [-0.39, 0.29) is 4.91 Å². The van der Waals surface area contributed by atoms with Crippen LogP contribution in [0.4, 0.5) is 13.2 Å². The maximum absolute atomic E-state index is 12.0. The first-order chi connectivity index (χ1) is 5.25. The molecule has 0 amide bonds. The summed E-state index contributed by atoms with van der Waals surface area (Å²) in [7, 11) is 0. The monoisotopic (exact) mass is 196 g/mol. The molecule has 0 saturated heterocycles. The van der Waals surface area contributed by atoms with Crippen LogP contribution >= 0.6 is 11.8 Å². The lowest BCUT2D eigenvalue weighted by atomic mass is 10.2. The molecule has 70 valence electrons. The van der Waals surface area contributed by atoms with Gasteiger partial charge in [-0.3, -0.25) is 0 Å². The molecular weight excluding hydrogens is 185 g/mol. The Labute approximate surface area is 74.5 Å². The zero-order valence-electron chi connectivity index (χ0n) is 7.03. The molecule has 0 rings (SSSR count). The van der Waals surface area contributed by atoms with Crippen molar-refractivity contribution in [2.45, 2.75) is 20.0 Å². The second-order valence-electron chi connectivity index (χ2n) is 2.53. The second-order valence-corrected chi connectivity index (χ2v) is 3.96. The number of hydrogen-bond acceptors (Lipinski definition) is 1. The summed E-state index contributed by atoms with van der Waals surface area (Å²) in [6.07, 6.45) is -4.19. The summed E-state index contributed by atoms with van der Waals surface area (Å²) < 4.78 is 36.1. The van der Waals surface area contributed by atoms with Gasteiger partial charge < -0.3 is 0 Å². The third-order valence-electron chi connectivity index (χ3n) is 1.28. The van der Waals surface area contributed by atoms with Crippen molar-refractivity contribution in [2.75, 3.05) is 0 Å². The van der Waals surface area contributed by atoms with Crippen molar-refractivity contribution in [1.82, 2.24) is 0 Å². The van der Waals surface area contributed by atoms with Crippen LogP contribution in [0.3, 0.4) is 0 Å². The molecule has 0 radical (unpaired) electrons. The average molecular weight is 196 g/mol. The van der Waals surface area contributed by atoms with Crippen LogP contribution in [0, 0.1) is 5.92 Å². The predicted octanol–water partition coefficient (Wildman–Crippen LogP) is 3.97. The molecule has 0 fully saturated rings. The number of thioether (sulfide) groups is 1. The smallest absolute Gasteiger partial charge is 0.170 e. The van der Waals surface area contributed by atoms with Gasteiger partial charge in [0.1, 0.15) is 0 Å². The molecule has 0 aliphatic heterocycles. The quantitative estimate of drug-likeness (QED) is 0.658. The summed E-state index contributed by atoms with van der Waals surface area (Å²) >= 11 is 0.980. The Morgan fingerprint density at radius 1 is 1.33 bits per heavy atom. The van der Waals surface area contributed by atoms with Gasteiger partial charge in [0.2, 0.25) is 0 Å². The molecular formula is C8H11F3S. The minimum atomic E-state index is -4.19. The maximum Gasteiger partial charge on any atom is 0.395 e. The van der Waals surface area contributed by atoms with Crippen LogP contribution in [0.1, 0.15) is 13.8 Å². The number of allylic oxidation sites excluding steroid dienone is 2. The van der Waals surface area contributed by atoms with Crippen LogP contribution in [0.2, 0.25) is 0 Å². The molecule has 0 aliphatic rings. The lowest BCUT2D eigenvalue weighted by Crippen LogP contribution is -2.20. The molecule has 1 unspecified atom stereocenters. The normalized spacial score (nSPS) is 14.1. The van der Waals surface area contributed by atoms with Crippen molar-refractivity contribution in [3.63, 3.8) is 0 Å². The number of halogens is 3. The van der Waals surface area contributed by atoms with Gasteiger partial charge in [-0.15, -0.1) is 0 Å². The molecule has 0 nitrogen and oxygen atoms in total. The molecule has 1 atom stereocenters. The van der Waals surface area contributed by atoms with E-state index < -0.39 is 12.1 Å². The summed E-state index contributed by atoms with van der Waals surface area (Å²) in [6, 6.07) is 0. The van der Waals surface area contributed by atoms with Crippen LogP contribution in [0.5, 0.6) is 0 Å². The van der Waals surface area contributed by atoms with E-state index in [1.165, 1.54) is 0 Å². The fraction of sp³-hybridized carbons (Fsp3) is 0.500. The topological polar surface area (TPSA) is 0 Å². The molecule has 0 aromatic heterocycles. The zero-order chi connectivity index (χ0) is 9.94. The molecule has 12 heavy (non-hydrogen) atoms. The van der Waals surface area contributed by atoms with Crippen molar-refractivity contribution >= 4 is 11.8 Å². The van der Waals surface area contributed by atoms with Crippen LogP contribution in [0.25, 0.3) is 0 Å². The molecule has 0 aromatic carbocycles. The molecule has 0 bridgehead atoms. The first kappa shape index (κ1) is 11.6. The van der Waals surface area contributed by atoms with Gasteiger partial charge in [0, 0.05) is 0 Å². The third-order valence-corrected chi connectivity index (χ3v) is 2.24. The molecule has 0 spiro atoms. The fourth-order valence-corrected chi connectivity index (χ4v) is 1.25. The van der Waals surface area contributed by atoms with Gasteiger partial charge in [-0.25, -0.2) is 0 Å². The van der Waals surface area contributed by atoms with Crippen molar-refractivity contribution in [3.05, 3.63) is 23.0 Å². The van der Waals surface area contributed by atoms with Gasteiger partial charge >= 0.3 is 6.18 Å². The average Bonchev–Trinajstić information content (AvgIpc) is 1.82. The van der Waals surface area contributed by atoms with Crippen molar-refractivity contribution in [3.8, 4) is 0 Å². The highest BCUT2D eigenvalue weighted by Gasteiger charge is 2.37. The summed E-state index contributed by atoms with van der Waals surface area (Å²) in [4.78, 5) is 0.714. The van der Waals surface area contributed by atoms with Crippen LogP contribution in [-0.4, -0.2) is 6.18 Å². The van der Waals surface area contributed by atoms with Crippen molar-refractivity contribution in [1.29, 1.82) is 0 Å². The van der Waals surface area contributed by atoms with E-state index >= 15 is 0 Å². The number of hydrogen-bond donors (Lipinski definition) is 0. The van der Waals surface area contributed by atoms with E-state index in [0.717, 1.165) is 18.7 Å². The largest absolute Gasteiger partial charge is 0.395 e. The fourth-order valence-electron chi connectivity index (χ4n) is 0.495. The standard InChI is InChI=1S/C8H11F3S/c1-5(2)12-7(4)6(3)8(9,10)11/h6H,1,4H2,2-3H3. The Morgan fingerprint density at radius 3 is 2.00 bits per heavy atom. The van der Waals surface area contributed by atoms with Crippen LogP contribution < -0.4 is 0 Å². The second kappa shape index (κ2) is 4.03. The van der Waals surface area contributed by atoms with Crippen molar-refractivity contribution < 1.29 is 13.2 Å². The highest BCUT2D eigenvalue weighted by molar-refractivity contribution is 8.06. The summed E-state index contributed by atoms with van der Waals surface area (Å²) in [6.45, 7) is 9.58. The van der Waals surface area contributed by atoms with E-state index in [2.05, 4.69) is 13.2 Å². The van der Waals surface area contributed by atoms with E-state index in [4.69, 9.17) is 0 Å². The van der Waals surface area contributed by atoms with Crippen LogP contribution in [-0.2, 0) is 0 Å². The highest BCUT2D eigenvalue weighted by Crippen LogP contribution is 2.37. The molecule has 0 aromatic rings. The minimum Gasteiger partial charge on any atom is -0.170 e. The Bertz CT molecular complexity index is 193. The zero-order valence-corrected chi connectivity index (χ0v) is 7.85. The summed E-state index contributed by atoms with van der Waals surface area (Å²) in [5, 5.41) is 0. The molecule has 4 heteroatoms. The van der Waals surface area contributed by atoms with Gasteiger partial charge in [0.15, 0.2) is 0 Å². The van der Waals surface area contributed by atoms with Crippen LogP contribution in [0.15, 0.2) is 23.0 Å². The molecule has 0 heterocycles. The highest BCUT2D eigenvalue weighted by atomic mass is 32.2. The third kappa shape index (κ3) is 3.85. The van der Waals surface area contributed by atoms with Crippen molar-refractivity contribution in [2.24, 2.45) is 5.92 Å². The van der Waals surface area contributed by atoms with Gasteiger partial charge in [-0.1, -0.05) is 24.9 Å². The number of rotatable bonds is 3. The predicted molar refractivity (Wildman–Crippen MR) is 46.8 cm³/mol. The Kier molecular flexibility index (Phi) is 3.90. The Morgan fingerprint density at radius 2 is 1.75 bits per heavy atom. The van der Waals surface area contributed by atoms with Gasteiger partial charge in [0.05, 0.1) is 5.92 Å². The molecule has 0 aliphatic carbocycles. The Balaban J connectivity index is 4.21. The maximum atomic E-state index is 12.0. The van der Waals surface area contributed by atoms with Gasteiger partial charge in [-0.2, -0.15) is 13.2 Å². The number of alkyl halides is 3. The van der Waals surface area contributed by atoms with E-state index in [1.807, 2.05) is 0 Å². The van der Waals surface area contributed by atoms with E-state index in [9.17, 15) is 13.2 Å². The van der Waals surface area contributed by atoms with Gasteiger partial charge in [0.25, 0.3) is 0 Å². The first-order valence-electron chi connectivity index (χ1n) is 3.34.